The van der Waals surface area contributed by atoms with Gasteiger partial charge in [-0.3, -0.25) is 0 Å². The molecule has 0 amide bonds. The molecule has 6 N–H and O–H groups in total. The summed E-state index contributed by atoms with van der Waals surface area (Å²) < 4.78 is 46.7. The monoisotopic (exact) mass is 456 g/mol. The first kappa shape index (κ1) is 23.5. The second kappa shape index (κ2) is 9.12. The second-order valence-electron chi connectivity index (χ2n) is 6.97. The Kier molecular flexibility index (Phi) is 6.69. The molecule has 1 aromatic carbocycles. The number of fused-ring (bicyclic) bond motifs is 1. The topological polar surface area (TPSA) is 156 Å². The highest BCUT2D eigenvalue weighted by atomic mass is 19.4. The van der Waals surface area contributed by atoms with Gasteiger partial charge in [0.15, 0.2) is 0 Å². The highest BCUT2D eigenvalue weighted by molar-refractivity contribution is 5.89. The smallest absolute Gasteiger partial charge is 0.418 e. The van der Waals surface area contributed by atoms with Gasteiger partial charge in [-0.1, -0.05) is 0 Å². The molecule has 0 aliphatic rings. The number of hydrogen-bond acceptors (Lipinski definition) is 8. The van der Waals surface area contributed by atoms with E-state index < -0.39 is 64.9 Å². The average Bonchev–Trinajstić information content (AvgIpc) is 3.28. The van der Waals surface area contributed by atoms with Gasteiger partial charge in [0.1, 0.15) is 36.2 Å². The molecule has 32 heavy (non-hydrogen) atoms. The summed E-state index contributed by atoms with van der Waals surface area (Å²) >= 11 is 0. The van der Waals surface area contributed by atoms with Crippen LogP contribution in [0.1, 0.15) is 5.56 Å². The van der Waals surface area contributed by atoms with E-state index in [-0.39, 0.29) is 17.7 Å². The van der Waals surface area contributed by atoms with E-state index >= 15 is 0 Å². The normalized spacial score (nSPS) is 15.8. The maximum atomic E-state index is 13.9. The van der Waals surface area contributed by atoms with E-state index in [9.17, 15) is 38.1 Å². The summed E-state index contributed by atoms with van der Waals surface area (Å²) in [4.78, 5) is 26.3. The molecule has 0 spiro atoms. The third kappa shape index (κ3) is 4.53. The van der Waals surface area contributed by atoms with Crippen molar-refractivity contribution in [1.82, 2.24) is 4.98 Å². The number of alkyl halides is 3. The Bertz CT molecular complexity index is 1140. The van der Waals surface area contributed by atoms with Crippen LogP contribution >= 0.6 is 0 Å². The standard InChI is InChI=1S/C20H19F3N2O7/c21-20(22,23)16-10-4-3-9(25-12(7-26)17(29)18(30)13(28)8-27)6-14(10)32-19(31)15(16)11-2-1-5-24-11/h1-7,12-13,17-18,24-25,27-30H,8H2/t12-,13+,17+,18+/m1/s1. The van der Waals surface area contributed by atoms with Crippen LogP contribution in [-0.4, -0.2) is 62.7 Å². The summed E-state index contributed by atoms with van der Waals surface area (Å²) in [5, 5.41) is 40.2. The van der Waals surface area contributed by atoms with Crippen molar-refractivity contribution in [2.24, 2.45) is 0 Å². The van der Waals surface area contributed by atoms with Crippen LogP contribution in [0.4, 0.5) is 18.9 Å². The lowest BCUT2D eigenvalue weighted by atomic mass is 10.00. The van der Waals surface area contributed by atoms with Crippen LogP contribution in [-0.2, 0) is 11.0 Å². The molecule has 2 aromatic heterocycles. The number of aromatic amines is 1. The highest BCUT2D eigenvalue weighted by Gasteiger charge is 2.38. The SMILES string of the molecule is O=C[C@@H](Nc1ccc2c(C(F)(F)F)c(-c3ccc[nH]3)c(=O)oc2c1)[C@H](O)[C@@H](O)[C@@H](O)CO. The van der Waals surface area contributed by atoms with E-state index in [1.54, 1.807) is 0 Å². The van der Waals surface area contributed by atoms with Gasteiger partial charge >= 0.3 is 11.8 Å². The Morgan fingerprint density at radius 3 is 2.44 bits per heavy atom. The van der Waals surface area contributed by atoms with Crippen molar-refractivity contribution in [3.05, 3.63) is 52.5 Å². The summed E-state index contributed by atoms with van der Waals surface area (Å²) in [5.74, 6) is 0. The van der Waals surface area contributed by atoms with E-state index in [2.05, 4.69) is 10.3 Å². The van der Waals surface area contributed by atoms with Gasteiger partial charge in [0.2, 0.25) is 0 Å². The summed E-state index contributed by atoms with van der Waals surface area (Å²) in [7, 11) is 0. The van der Waals surface area contributed by atoms with Gasteiger partial charge in [0, 0.05) is 23.3 Å². The van der Waals surface area contributed by atoms with Crippen LogP contribution in [0, 0.1) is 0 Å². The molecule has 3 rings (SSSR count). The summed E-state index contributed by atoms with van der Waals surface area (Å²) in [6.45, 7) is -0.881. The third-order valence-corrected chi connectivity index (χ3v) is 4.84. The van der Waals surface area contributed by atoms with Gasteiger partial charge in [0.05, 0.1) is 23.4 Å². The van der Waals surface area contributed by atoms with Crippen LogP contribution in [0.15, 0.2) is 45.7 Å². The summed E-state index contributed by atoms with van der Waals surface area (Å²) in [5.41, 5.74) is -3.64. The fourth-order valence-corrected chi connectivity index (χ4v) is 3.26. The van der Waals surface area contributed by atoms with Crippen LogP contribution in [0.25, 0.3) is 22.2 Å². The number of aliphatic hydroxyl groups excluding tert-OH is 4. The molecule has 0 radical (unpaired) electrons. The molecule has 0 unspecified atom stereocenters. The minimum atomic E-state index is -4.89. The third-order valence-electron chi connectivity index (χ3n) is 4.84. The quantitative estimate of drug-likeness (QED) is 0.215. The fourth-order valence-electron chi connectivity index (χ4n) is 3.26. The van der Waals surface area contributed by atoms with Crippen LogP contribution in [0.2, 0.25) is 0 Å². The fraction of sp³-hybridized carbons (Fsp3) is 0.300. The van der Waals surface area contributed by atoms with E-state index in [0.717, 1.165) is 18.2 Å². The van der Waals surface area contributed by atoms with Crippen molar-refractivity contribution in [2.75, 3.05) is 11.9 Å². The molecule has 2 heterocycles. The molecular formula is C20H19F3N2O7. The maximum Gasteiger partial charge on any atom is 0.418 e. The second-order valence-corrected chi connectivity index (χ2v) is 6.97. The van der Waals surface area contributed by atoms with Crippen molar-refractivity contribution in [2.45, 2.75) is 30.5 Å². The van der Waals surface area contributed by atoms with Crippen LogP contribution in [0.3, 0.4) is 0 Å². The number of halogens is 3. The molecule has 0 fully saturated rings. The number of carbonyl (C=O) groups excluding carboxylic acids is 1. The predicted octanol–water partition coefficient (Wildman–Crippen LogP) is 0.861. The van der Waals surface area contributed by atoms with Gasteiger partial charge in [0.25, 0.3) is 0 Å². The molecule has 0 aliphatic carbocycles. The zero-order chi connectivity index (χ0) is 23.6. The Morgan fingerprint density at radius 2 is 1.88 bits per heavy atom. The molecular weight excluding hydrogens is 437 g/mol. The molecule has 0 bridgehead atoms. The molecule has 9 nitrogen and oxygen atoms in total. The lowest BCUT2D eigenvalue weighted by Crippen LogP contribution is -2.49. The number of anilines is 1. The van der Waals surface area contributed by atoms with Crippen LogP contribution < -0.4 is 10.9 Å². The number of H-pyrrole nitrogens is 1. The molecule has 0 saturated carbocycles. The number of aldehydes is 1. The maximum absolute atomic E-state index is 13.9. The molecule has 0 saturated heterocycles. The molecule has 0 aliphatic heterocycles. The molecule has 4 atom stereocenters. The number of carbonyl (C=O) groups is 1. The minimum Gasteiger partial charge on any atom is -0.422 e. The van der Waals surface area contributed by atoms with Crippen molar-refractivity contribution in [3.8, 4) is 11.3 Å². The number of nitrogens with one attached hydrogen (secondary N) is 2. The van der Waals surface area contributed by atoms with Gasteiger partial charge in [-0.15, -0.1) is 0 Å². The predicted molar refractivity (Wildman–Crippen MR) is 106 cm³/mol. The Morgan fingerprint density at radius 1 is 1.16 bits per heavy atom. The summed E-state index contributed by atoms with van der Waals surface area (Å²) in [6, 6.07) is 4.44. The number of aliphatic hydroxyl groups is 4. The number of hydrogen-bond donors (Lipinski definition) is 6. The molecule has 12 heteroatoms. The van der Waals surface area contributed by atoms with Gasteiger partial charge in [-0.2, -0.15) is 13.2 Å². The van der Waals surface area contributed by atoms with E-state index in [1.165, 1.54) is 18.3 Å². The van der Waals surface area contributed by atoms with Crippen LogP contribution in [0.5, 0.6) is 0 Å². The Hall–Kier alpha value is -3.19. The zero-order valence-corrected chi connectivity index (χ0v) is 16.2. The van der Waals surface area contributed by atoms with Gasteiger partial charge in [-0.25, -0.2) is 4.79 Å². The largest absolute Gasteiger partial charge is 0.422 e. The summed E-state index contributed by atoms with van der Waals surface area (Å²) in [6.07, 6.45) is -8.81. The van der Waals surface area contributed by atoms with E-state index in [1.807, 2.05) is 0 Å². The van der Waals surface area contributed by atoms with Crippen molar-refractivity contribution in [1.29, 1.82) is 0 Å². The first-order valence-corrected chi connectivity index (χ1v) is 9.27. The first-order valence-electron chi connectivity index (χ1n) is 9.27. The Labute approximate surface area is 177 Å². The van der Waals surface area contributed by atoms with Crippen molar-refractivity contribution in [3.63, 3.8) is 0 Å². The minimum absolute atomic E-state index is 0.0109. The van der Waals surface area contributed by atoms with Gasteiger partial charge in [-0.05, 0) is 24.3 Å². The lowest BCUT2D eigenvalue weighted by Gasteiger charge is -2.27. The van der Waals surface area contributed by atoms with Crippen molar-refractivity contribution < 1.29 is 42.8 Å². The van der Waals surface area contributed by atoms with Gasteiger partial charge < -0.3 is 39.9 Å². The first-order chi connectivity index (χ1) is 15.1. The average molecular weight is 456 g/mol. The molecule has 172 valence electrons. The number of benzene rings is 1. The molecule has 3 aromatic rings. The van der Waals surface area contributed by atoms with Crippen molar-refractivity contribution >= 4 is 22.9 Å². The van der Waals surface area contributed by atoms with E-state index in [0.29, 0.717) is 0 Å². The number of rotatable bonds is 8. The number of aromatic nitrogens is 1. The highest BCUT2D eigenvalue weighted by Crippen LogP contribution is 2.40. The van der Waals surface area contributed by atoms with E-state index in [4.69, 9.17) is 9.52 Å². The lowest BCUT2D eigenvalue weighted by molar-refractivity contribution is -0.136. The zero-order valence-electron chi connectivity index (χ0n) is 16.2. The Balaban J connectivity index is 2.05.